The molecule has 2 rings (SSSR count). The zero-order chi connectivity index (χ0) is 17.7. The zero-order valence-corrected chi connectivity index (χ0v) is 13.2. The zero-order valence-electron chi connectivity index (χ0n) is 13.2. The Morgan fingerprint density at radius 3 is 2.50 bits per heavy atom. The van der Waals surface area contributed by atoms with Gasteiger partial charge in [0.25, 0.3) is 0 Å². The number of hydrogen-bond donors (Lipinski definition) is 2. The maximum absolute atomic E-state index is 13.7. The van der Waals surface area contributed by atoms with Gasteiger partial charge in [-0.3, -0.25) is 4.79 Å². The summed E-state index contributed by atoms with van der Waals surface area (Å²) in [6.07, 6.45) is 0.447. The van der Waals surface area contributed by atoms with E-state index in [1.54, 1.807) is 12.1 Å². The second-order valence-electron chi connectivity index (χ2n) is 5.80. The number of nitrogens with one attached hydrogen (secondary N) is 1. The smallest absolute Gasteiger partial charge is 0.220 e. The summed E-state index contributed by atoms with van der Waals surface area (Å²) in [5.41, 5.74) is -1.09. The summed E-state index contributed by atoms with van der Waals surface area (Å²) in [5.74, 6) is -2.36. The Kier molecular flexibility index (Phi) is 5.62. The minimum atomic E-state index is -1.67. The van der Waals surface area contributed by atoms with Crippen LogP contribution in [0.4, 0.5) is 13.2 Å². The lowest BCUT2D eigenvalue weighted by Gasteiger charge is -2.24. The molecule has 0 saturated heterocycles. The molecule has 2 aromatic carbocycles. The molecule has 0 saturated carbocycles. The number of carbonyl (C=O) groups excluding carboxylic acids is 1. The summed E-state index contributed by atoms with van der Waals surface area (Å²) in [4.78, 5) is 11.8. The van der Waals surface area contributed by atoms with Crippen LogP contribution in [0.5, 0.6) is 0 Å². The molecule has 0 aliphatic carbocycles. The van der Waals surface area contributed by atoms with E-state index < -0.39 is 17.2 Å². The molecule has 0 aromatic heterocycles. The molecule has 0 aliphatic heterocycles. The topological polar surface area (TPSA) is 49.3 Å². The number of rotatable bonds is 6. The van der Waals surface area contributed by atoms with Gasteiger partial charge in [0.05, 0.1) is 6.54 Å². The maximum atomic E-state index is 13.7. The molecular weight excluding hydrogens is 319 g/mol. The molecule has 128 valence electrons. The van der Waals surface area contributed by atoms with Crippen molar-refractivity contribution < 1.29 is 23.1 Å². The Labute approximate surface area is 138 Å². The Bertz CT molecular complexity index is 732. The monoisotopic (exact) mass is 337 g/mol. The first kappa shape index (κ1) is 18.0. The van der Waals surface area contributed by atoms with Gasteiger partial charge in [-0.2, -0.15) is 0 Å². The lowest BCUT2D eigenvalue weighted by Crippen LogP contribution is -2.39. The van der Waals surface area contributed by atoms with E-state index in [-0.39, 0.29) is 30.3 Å². The highest BCUT2D eigenvalue weighted by atomic mass is 19.1. The Morgan fingerprint density at radius 1 is 1.12 bits per heavy atom. The third-order valence-electron chi connectivity index (χ3n) is 3.67. The van der Waals surface area contributed by atoms with Crippen molar-refractivity contribution >= 4 is 5.91 Å². The normalized spacial score (nSPS) is 13.4. The van der Waals surface area contributed by atoms with Gasteiger partial charge in [0.1, 0.15) is 23.1 Å². The van der Waals surface area contributed by atoms with Gasteiger partial charge in [0, 0.05) is 18.1 Å². The van der Waals surface area contributed by atoms with Crippen molar-refractivity contribution in [1.29, 1.82) is 0 Å². The van der Waals surface area contributed by atoms with Gasteiger partial charge in [-0.25, -0.2) is 13.2 Å². The molecule has 0 fully saturated rings. The number of benzene rings is 2. The molecule has 6 heteroatoms. The van der Waals surface area contributed by atoms with Crippen molar-refractivity contribution in [2.75, 3.05) is 6.54 Å². The van der Waals surface area contributed by atoms with Gasteiger partial charge in [0.15, 0.2) is 0 Å². The molecule has 1 atom stereocenters. The molecule has 0 radical (unpaired) electrons. The number of aryl methyl sites for hydroxylation is 1. The standard InChI is InChI=1S/C18H18F3NO2/c1-18(24,15-7-6-14(20)10-16(15)21)11-22-17(23)8-5-12-3-2-4-13(19)9-12/h2-4,6-7,9-10,24H,5,8,11H2,1H3,(H,22,23). The minimum Gasteiger partial charge on any atom is -0.383 e. The predicted molar refractivity (Wildman–Crippen MR) is 83.7 cm³/mol. The first-order valence-corrected chi connectivity index (χ1v) is 7.47. The molecule has 0 heterocycles. The van der Waals surface area contributed by atoms with E-state index in [0.717, 1.165) is 12.1 Å². The molecule has 0 spiro atoms. The van der Waals surface area contributed by atoms with Crippen LogP contribution in [0.1, 0.15) is 24.5 Å². The Balaban J connectivity index is 1.90. The number of carbonyl (C=O) groups is 1. The highest BCUT2D eigenvalue weighted by Crippen LogP contribution is 2.23. The van der Waals surface area contributed by atoms with Crippen LogP contribution in [-0.4, -0.2) is 17.6 Å². The third-order valence-corrected chi connectivity index (χ3v) is 3.67. The summed E-state index contributed by atoms with van der Waals surface area (Å²) < 4.78 is 39.7. The number of halogens is 3. The fourth-order valence-corrected chi connectivity index (χ4v) is 2.33. The van der Waals surface area contributed by atoms with Crippen LogP contribution in [0.15, 0.2) is 42.5 Å². The van der Waals surface area contributed by atoms with Gasteiger partial charge in [-0.1, -0.05) is 18.2 Å². The van der Waals surface area contributed by atoms with E-state index in [2.05, 4.69) is 5.32 Å². The van der Waals surface area contributed by atoms with Crippen LogP contribution in [0.25, 0.3) is 0 Å². The van der Waals surface area contributed by atoms with Crippen LogP contribution in [-0.2, 0) is 16.8 Å². The van der Waals surface area contributed by atoms with Gasteiger partial charge < -0.3 is 10.4 Å². The second kappa shape index (κ2) is 7.49. The van der Waals surface area contributed by atoms with Crippen molar-refractivity contribution in [3.05, 3.63) is 71.0 Å². The predicted octanol–water partition coefficient (Wildman–Crippen LogP) is 3.06. The maximum Gasteiger partial charge on any atom is 0.220 e. The van der Waals surface area contributed by atoms with E-state index in [4.69, 9.17) is 0 Å². The molecular formula is C18H18F3NO2. The van der Waals surface area contributed by atoms with E-state index in [9.17, 15) is 23.1 Å². The summed E-state index contributed by atoms with van der Waals surface area (Å²) in [7, 11) is 0. The summed E-state index contributed by atoms with van der Waals surface area (Å²) >= 11 is 0. The molecule has 3 nitrogen and oxygen atoms in total. The van der Waals surface area contributed by atoms with Crippen molar-refractivity contribution in [1.82, 2.24) is 5.32 Å². The minimum absolute atomic E-state index is 0.102. The molecule has 2 aromatic rings. The van der Waals surface area contributed by atoms with Gasteiger partial charge in [-0.05, 0) is 37.1 Å². The largest absolute Gasteiger partial charge is 0.383 e. The summed E-state index contributed by atoms with van der Waals surface area (Å²) in [5, 5.41) is 12.8. The van der Waals surface area contributed by atoms with E-state index in [1.807, 2.05) is 0 Å². The quantitative estimate of drug-likeness (QED) is 0.851. The van der Waals surface area contributed by atoms with E-state index in [0.29, 0.717) is 18.1 Å². The van der Waals surface area contributed by atoms with Crippen molar-refractivity contribution in [2.45, 2.75) is 25.4 Å². The van der Waals surface area contributed by atoms with Crippen LogP contribution in [0.2, 0.25) is 0 Å². The van der Waals surface area contributed by atoms with Crippen LogP contribution in [0.3, 0.4) is 0 Å². The van der Waals surface area contributed by atoms with Crippen LogP contribution < -0.4 is 5.32 Å². The highest BCUT2D eigenvalue weighted by Gasteiger charge is 2.27. The van der Waals surface area contributed by atoms with E-state index >= 15 is 0 Å². The second-order valence-corrected chi connectivity index (χ2v) is 5.80. The van der Waals surface area contributed by atoms with E-state index in [1.165, 1.54) is 19.1 Å². The van der Waals surface area contributed by atoms with Gasteiger partial charge in [0.2, 0.25) is 5.91 Å². The van der Waals surface area contributed by atoms with Crippen molar-refractivity contribution in [2.24, 2.45) is 0 Å². The lowest BCUT2D eigenvalue weighted by molar-refractivity contribution is -0.122. The van der Waals surface area contributed by atoms with Crippen molar-refractivity contribution in [3.8, 4) is 0 Å². The number of hydrogen-bond acceptors (Lipinski definition) is 2. The first-order chi connectivity index (χ1) is 11.3. The first-order valence-electron chi connectivity index (χ1n) is 7.47. The average molecular weight is 337 g/mol. The fourth-order valence-electron chi connectivity index (χ4n) is 2.33. The number of aliphatic hydroxyl groups is 1. The van der Waals surface area contributed by atoms with Crippen LogP contribution in [0, 0.1) is 17.5 Å². The molecule has 24 heavy (non-hydrogen) atoms. The Hall–Kier alpha value is -2.34. The summed E-state index contributed by atoms with van der Waals surface area (Å²) in [6.45, 7) is 1.10. The average Bonchev–Trinajstić information content (AvgIpc) is 2.51. The molecule has 1 amide bonds. The fraction of sp³-hybridized carbons (Fsp3) is 0.278. The van der Waals surface area contributed by atoms with Crippen molar-refractivity contribution in [3.63, 3.8) is 0 Å². The van der Waals surface area contributed by atoms with Gasteiger partial charge >= 0.3 is 0 Å². The van der Waals surface area contributed by atoms with Gasteiger partial charge in [-0.15, -0.1) is 0 Å². The lowest BCUT2D eigenvalue weighted by atomic mass is 9.95. The molecule has 1 unspecified atom stereocenters. The third kappa shape index (κ3) is 4.83. The Morgan fingerprint density at radius 2 is 1.83 bits per heavy atom. The SMILES string of the molecule is CC(O)(CNC(=O)CCc1cccc(F)c1)c1ccc(F)cc1F. The highest BCUT2D eigenvalue weighted by molar-refractivity contribution is 5.76. The van der Waals surface area contributed by atoms with Crippen LogP contribution >= 0.6 is 0 Å². The molecule has 2 N–H and O–H groups in total. The molecule has 0 aliphatic rings. The molecule has 0 bridgehead atoms. The summed E-state index contributed by atoms with van der Waals surface area (Å²) in [6, 6.07) is 8.79. The number of amides is 1.